The van der Waals surface area contributed by atoms with E-state index >= 15 is 0 Å². The molecule has 2 aromatic carbocycles. The van der Waals surface area contributed by atoms with Gasteiger partial charge in [0.05, 0.1) is 4.92 Å². The number of rotatable bonds is 4. The summed E-state index contributed by atoms with van der Waals surface area (Å²) in [4.78, 5) is 9.70. The zero-order valence-corrected chi connectivity index (χ0v) is 11.0. The molecule has 0 fully saturated rings. The molecule has 2 aromatic rings. The van der Waals surface area contributed by atoms with Crippen LogP contribution in [0, 0.1) is 10.1 Å². The summed E-state index contributed by atoms with van der Waals surface area (Å²) >= 11 is 0. The van der Waals surface area contributed by atoms with Crippen LogP contribution in [0.5, 0.6) is 0 Å². The third-order valence-corrected chi connectivity index (χ3v) is 3.94. The highest BCUT2D eigenvalue weighted by Gasteiger charge is 2.28. The first-order chi connectivity index (χ1) is 9.42. The van der Waals surface area contributed by atoms with Crippen molar-refractivity contribution >= 4 is 27.1 Å². The molecule has 0 aromatic heterocycles. The minimum atomic E-state index is -4.08. The van der Waals surface area contributed by atoms with E-state index < -0.39 is 25.5 Å². The Morgan fingerprint density at radius 1 is 1.05 bits per heavy atom. The van der Waals surface area contributed by atoms with E-state index in [4.69, 9.17) is 5.73 Å². The van der Waals surface area contributed by atoms with E-state index in [1.165, 1.54) is 24.3 Å². The van der Waals surface area contributed by atoms with E-state index in [1.807, 2.05) is 0 Å². The average Bonchev–Trinajstić information content (AvgIpc) is 2.38. The summed E-state index contributed by atoms with van der Waals surface area (Å²) in [6.45, 7) is 0. The molecule has 0 radical (unpaired) electrons. The van der Waals surface area contributed by atoms with Crippen LogP contribution in [0.2, 0.25) is 0 Å². The van der Waals surface area contributed by atoms with E-state index in [9.17, 15) is 18.5 Å². The Morgan fingerprint density at radius 3 is 2.30 bits per heavy atom. The fraction of sp³-hybridized carbons (Fsp3) is 0. The third-order valence-electron chi connectivity index (χ3n) is 2.53. The van der Waals surface area contributed by atoms with Crippen molar-refractivity contribution in [3.05, 3.63) is 58.6 Å². The largest absolute Gasteiger partial charge is 0.393 e. The highest BCUT2D eigenvalue weighted by atomic mass is 32.2. The lowest BCUT2D eigenvalue weighted by Gasteiger charge is -2.09. The minimum absolute atomic E-state index is 0.203. The van der Waals surface area contributed by atoms with Crippen molar-refractivity contribution in [2.75, 3.05) is 10.5 Å². The molecule has 8 heteroatoms. The van der Waals surface area contributed by atoms with Gasteiger partial charge >= 0.3 is 5.69 Å². The first-order valence-electron chi connectivity index (χ1n) is 5.52. The molecule has 0 heterocycles. The topological polar surface area (TPSA) is 115 Å². The Balaban J connectivity index is 2.50. The van der Waals surface area contributed by atoms with Crippen LogP contribution in [0.4, 0.5) is 17.1 Å². The number of hydrogen-bond donors (Lipinski definition) is 2. The highest BCUT2D eigenvalue weighted by Crippen LogP contribution is 2.30. The maximum Gasteiger partial charge on any atom is 0.312 e. The van der Waals surface area contributed by atoms with Crippen molar-refractivity contribution in [2.45, 2.75) is 4.90 Å². The van der Waals surface area contributed by atoms with Crippen LogP contribution in [0.3, 0.4) is 0 Å². The van der Waals surface area contributed by atoms with E-state index in [0.29, 0.717) is 5.69 Å². The summed E-state index contributed by atoms with van der Waals surface area (Å²) in [6.07, 6.45) is 0. The molecular weight excluding hydrogens is 282 g/mol. The SMILES string of the molecule is Nc1cccc(S(=O)(=O)Nc2ccccc2)c1[N+](=O)[O-]. The predicted octanol–water partition coefficient (Wildman–Crippen LogP) is 1.98. The summed E-state index contributed by atoms with van der Waals surface area (Å²) in [5, 5.41) is 11.0. The molecule has 20 heavy (non-hydrogen) atoms. The van der Waals surface area contributed by atoms with Gasteiger partial charge in [-0.05, 0) is 24.3 Å². The molecule has 0 saturated heterocycles. The first kappa shape index (κ1) is 13.8. The number of para-hydroxylation sites is 2. The van der Waals surface area contributed by atoms with Gasteiger partial charge in [-0.3, -0.25) is 14.8 Å². The van der Waals surface area contributed by atoms with Crippen molar-refractivity contribution in [2.24, 2.45) is 0 Å². The lowest BCUT2D eigenvalue weighted by atomic mass is 10.3. The Kier molecular flexibility index (Phi) is 3.57. The molecule has 104 valence electrons. The Hall–Kier alpha value is -2.61. The quantitative estimate of drug-likeness (QED) is 0.508. The number of nitrogens with zero attached hydrogens (tertiary/aromatic N) is 1. The van der Waals surface area contributed by atoms with Gasteiger partial charge in [0.2, 0.25) is 0 Å². The summed E-state index contributed by atoms with van der Waals surface area (Å²) in [5.41, 5.74) is 4.96. The molecular formula is C12H11N3O4S. The van der Waals surface area contributed by atoms with E-state index in [-0.39, 0.29) is 5.69 Å². The number of hydrogen-bond acceptors (Lipinski definition) is 5. The van der Waals surface area contributed by atoms with Crippen LogP contribution < -0.4 is 10.5 Å². The fourth-order valence-electron chi connectivity index (χ4n) is 1.67. The predicted molar refractivity (Wildman–Crippen MR) is 74.8 cm³/mol. The number of nitro groups is 1. The monoisotopic (exact) mass is 293 g/mol. The second-order valence-corrected chi connectivity index (χ2v) is 5.57. The summed E-state index contributed by atoms with van der Waals surface area (Å²) in [7, 11) is -4.08. The highest BCUT2D eigenvalue weighted by molar-refractivity contribution is 7.92. The van der Waals surface area contributed by atoms with Crippen molar-refractivity contribution in [1.82, 2.24) is 0 Å². The fourth-order valence-corrected chi connectivity index (χ4v) is 2.93. The summed E-state index contributed by atoms with van der Waals surface area (Å²) < 4.78 is 26.7. The molecule has 2 rings (SSSR count). The van der Waals surface area contributed by atoms with Crippen LogP contribution in [0.1, 0.15) is 0 Å². The normalized spacial score (nSPS) is 11.0. The third kappa shape index (κ3) is 2.69. The van der Waals surface area contributed by atoms with Crippen LogP contribution in [0.25, 0.3) is 0 Å². The van der Waals surface area contributed by atoms with Gasteiger partial charge in [0, 0.05) is 5.69 Å². The Labute approximate surface area is 115 Å². The number of benzene rings is 2. The van der Waals surface area contributed by atoms with Gasteiger partial charge in [0.25, 0.3) is 10.0 Å². The second-order valence-electron chi connectivity index (χ2n) is 3.92. The van der Waals surface area contributed by atoms with E-state index in [2.05, 4.69) is 4.72 Å². The zero-order chi connectivity index (χ0) is 14.8. The Bertz CT molecular complexity index is 745. The van der Waals surface area contributed by atoms with Gasteiger partial charge in [-0.2, -0.15) is 0 Å². The molecule has 0 atom stereocenters. The number of nitrogen functional groups attached to an aromatic ring is 1. The molecule has 0 aliphatic rings. The number of nitrogens with one attached hydrogen (secondary N) is 1. The first-order valence-corrected chi connectivity index (χ1v) is 7.01. The molecule has 0 amide bonds. The lowest BCUT2D eigenvalue weighted by Crippen LogP contribution is -2.15. The molecule has 0 unspecified atom stereocenters. The molecule has 7 nitrogen and oxygen atoms in total. The smallest absolute Gasteiger partial charge is 0.312 e. The number of sulfonamides is 1. The van der Waals surface area contributed by atoms with Crippen molar-refractivity contribution < 1.29 is 13.3 Å². The summed E-state index contributed by atoms with van der Waals surface area (Å²) in [6, 6.07) is 11.9. The molecule has 0 aliphatic heterocycles. The number of anilines is 2. The van der Waals surface area contributed by atoms with Crippen molar-refractivity contribution in [1.29, 1.82) is 0 Å². The van der Waals surface area contributed by atoms with Crippen LogP contribution in [0.15, 0.2) is 53.4 Å². The van der Waals surface area contributed by atoms with Gasteiger partial charge < -0.3 is 5.73 Å². The molecule has 0 bridgehead atoms. The number of nitrogens with two attached hydrogens (primary N) is 1. The van der Waals surface area contributed by atoms with Crippen LogP contribution >= 0.6 is 0 Å². The van der Waals surface area contributed by atoms with Gasteiger partial charge in [-0.1, -0.05) is 24.3 Å². The standard InChI is InChI=1S/C12H11N3O4S/c13-10-7-4-8-11(12(10)15(16)17)20(18,19)14-9-5-2-1-3-6-9/h1-8,14H,13H2. The lowest BCUT2D eigenvalue weighted by molar-refractivity contribution is -0.386. The minimum Gasteiger partial charge on any atom is -0.393 e. The molecule has 0 aliphatic carbocycles. The van der Waals surface area contributed by atoms with Gasteiger partial charge in [-0.25, -0.2) is 8.42 Å². The van der Waals surface area contributed by atoms with E-state index in [0.717, 1.165) is 6.07 Å². The van der Waals surface area contributed by atoms with Gasteiger partial charge in [-0.15, -0.1) is 0 Å². The molecule has 0 saturated carbocycles. The maximum atomic E-state index is 12.2. The molecule has 3 N–H and O–H groups in total. The zero-order valence-electron chi connectivity index (χ0n) is 10.2. The second kappa shape index (κ2) is 5.17. The van der Waals surface area contributed by atoms with Crippen LogP contribution in [-0.2, 0) is 10.0 Å². The van der Waals surface area contributed by atoms with Crippen molar-refractivity contribution in [3.8, 4) is 0 Å². The van der Waals surface area contributed by atoms with E-state index in [1.54, 1.807) is 18.2 Å². The summed E-state index contributed by atoms with van der Waals surface area (Å²) in [5.74, 6) is 0. The van der Waals surface area contributed by atoms with Gasteiger partial charge in [0.15, 0.2) is 4.90 Å². The van der Waals surface area contributed by atoms with Crippen molar-refractivity contribution in [3.63, 3.8) is 0 Å². The Morgan fingerprint density at radius 2 is 1.70 bits per heavy atom. The average molecular weight is 293 g/mol. The number of nitro benzene ring substituents is 1. The van der Waals surface area contributed by atoms with Gasteiger partial charge in [0.1, 0.15) is 5.69 Å². The van der Waals surface area contributed by atoms with Crippen LogP contribution in [-0.4, -0.2) is 13.3 Å². The maximum absolute atomic E-state index is 12.2. The molecule has 0 spiro atoms.